The van der Waals surface area contributed by atoms with Crippen LogP contribution in [0, 0.1) is 5.82 Å². The first-order chi connectivity index (χ1) is 13.5. The van der Waals surface area contributed by atoms with Crippen LogP contribution in [0.5, 0.6) is 0 Å². The lowest BCUT2D eigenvalue weighted by Crippen LogP contribution is -2.35. The zero-order valence-corrected chi connectivity index (χ0v) is 16.3. The van der Waals surface area contributed by atoms with E-state index in [1.807, 2.05) is 18.7 Å². The van der Waals surface area contributed by atoms with Gasteiger partial charge in [-0.2, -0.15) is 0 Å². The van der Waals surface area contributed by atoms with E-state index in [0.29, 0.717) is 36.3 Å². The summed E-state index contributed by atoms with van der Waals surface area (Å²) in [7, 11) is 0. The molecule has 1 aliphatic carbocycles. The van der Waals surface area contributed by atoms with Crippen molar-refractivity contribution in [2.24, 2.45) is 0 Å². The van der Waals surface area contributed by atoms with Crippen molar-refractivity contribution in [3.8, 4) is 0 Å². The van der Waals surface area contributed by atoms with Crippen LogP contribution in [0.15, 0.2) is 44.5 Å². The number of aromatic nitrogens is 2. The Bertz CT molecular complexity index is 948. The Balaban J connectivity index is 1.70. The minimum absolute atomic E-state index is 0.240. The molecule has 7 nitrogen and oxygen atoms in total. The third-order valence-corrected chi connectivity index (χ3v) is 5.63. The molecule has 0 bridgehead atoms. The predicted molar refractivity (Wildman–Crippen MR) is 101 cm³/mol. The molecule has 1 fully saturated rings. The second-order valence-electron chi connectivity index (χ2n) is 6.55. The molecule has 1 aliphatic heterocycles. The molecule has 0 spiro atoms. The highest BCUT2D eigenvalue weighted by Crippen LogP contribution is 2.42. The topological polar surface area (TPSA) is 79.5 Å². The number of benzene rings is 1. The number of amides is 2. The molecule has 28 heavy (non-hydrogen) atoms. The summed E-state index contributed by atoms with van der Waals surface area (Å²) in [6, 6.07) is 5.27. The van der Waals surface area contributed by atoms with Gasteiger partial charge in [0.15, 0.2) is 0 Å². The first-order valence-corrected chi connectivity index (χ1v) is 10.00. The monoisotopic (exact) mass is 402 g/mol. The Kier molecular flexibility index (Phi) is 4.92. The summed E-state index contributed by atoms with van der Waals surface area (Å²) in [5, 5.41) is 8.29. The van der Waals surface area contributed by atoms with Crippen LogP contribution in [0.1, 0.15) is 38.5 Å². The maximum Gasteiger partial charge on any atom is 0.283 e. The zero-order valence-electron chi connectivity index (χ0n) is 15.5. The molecular weight excluding hydrogens is 383 g/mol. The Morgan fingerprint density at radius 3 is 2.43 bits per heavy atom. The van der Waals surface area contributed by atoms with Gasteiger partial charge in [-0.05, 0) is 62.7 Å². The Labute approximate surface area is 165 Å². The van der Waals surface area contributed by atoms with Crippen molar-refractivity contribution >= 4 is 29.3 Å². The van der Waals surface area contributed by atoms with Crippen LogP contribution in [-0.2, 0) is 9.59 Å². The summed E-state index contributed by atoms with van der Waals surface area (Å²) in [6.07, 6.45) is 2.05. The number of imide groups is 1. The third-order valence-electron chi connectivity index (χ3n) is 4.72. The van der Waals surface area contributed by atoms with E-state index in [0.717, 1.165) is 29.5 Å². The quantitative estimate of drug-likeness (QED) is 0.658. The smallest absolute Gasteiger partial charge is 0.283 e. The first-order valence-electron chi connectivity index (χ1n) is 9.18. The molecule has 2 heterocycles. The van der Waals surface area contributed by atoms with Crippen LogP contribution >= 0.6 is 11.8 Å². The number of hydrogen-bond donors (Lipinski definition) is 0. The zero-order chi connectivity index (χ0) is 19.8. The normalized spacial score (nSPS) is 17.0. The maximum absolute atomic E-state index is 13.3. The van der Waals surface area contributed by atoms with Crippen LogP contribution in [0.25, 0.3) is 0 Å². The second kappa shape index (κ2) is 7.38. The van der Waals surface area contributed by atoms with Crippen molar-refractivity contribution in [3.05, 3.63) is 46.6 Å². The average molecular weight is 402 g/mol. The van der Waals surface area contributed by atoms with Crippen molar-refractivity contribution in [2.75, 3.05) is 18.0 Å². The minimum atomic E-state index is -0.477. The van der Waals surface area contributed by atoms with Crippen LogP contribution in [0.3, 0.4) is 0 Å². The van der Waals surface area contributed by atoms with Crippen molar-refractivity contribution in [3.63, 3.8) is 0 Å². The van der Waals surface area contributed by atoms with E-state index in [9.17, 15) is 14.0 Å². The highest BCUT2D eigenvalue weighted by Gasteiger charge is 2.43. The summed E-state index contributed by atoms with van der Waals surface area (Å²) < 4.78 is 18.9. The van der Waals surface area contributed by atoms with Crippen molar-refractivity contribution in [2.45, 2.75) is 37.8 Å². The number of thioether (sulfide) groups is 1. The van der Waals surface area contributed by atoms with Gasteiger partial charge in [-0.3, -0.25) is 9.59 Å². The molecule has 0 unspecified atom stereocenters. The fourth-order valence-corrected chi connectivity index (χ4v) is 3.95. The van der Waals surface area contributed by atoms with E-state index in [2.05, 4.69) is 10.2 Å². The number of halogens is 1. The van der Waals surface area contributed by atoms with Crippen LogP contribution in [-0.4, -0.2) is 40.0 Å². The largest absolute Gasteiger partial charge is 0.415 e. The van der Waals surface area contributed by atoms with E-state index < -0.39 is 17.6 Å². The average Bonchev–Trinajstić information content (AvgIpc) is 3.39. The summed E-state index contributed by atoms with van der Waals surface area (Å²) in [5.41, 5.74) is 0.622. The van der Waals surface area contributed by atoms with Gasteiger partial charge in [0.05, 0.1) is 5.69 Å². The third kappa shape index (κ3) is 3.30. The van der Waals surface area contributed by atoms with Crippen LogP contribution in [0.2, 0.25) is 0 Å². The molecule has 146 valence electrons. The Hall–Kier alpha value is -2.68. The molecule has 2 aromatic rings. The molecule has 0 atom stereocenters. The van der Waals surface area contributed by atoms with Gasteiger partial charge in [-0.25, -0.2) is 9.29 Å². The summed E-state index contributed by atoms with van der Waals surface area (Å²) in [4.78, 5) is 29.4. The minimum Gasteiger partial charge on any atom is -0.415 e. The molecule has 1 saturated carbocycles. The van der Waals surface area contributed by atoms with Crippen molar-refractivity contribution in [1.82, 2.24) is 15.1 Å². The maximum atomic E-state index is 13.3. The number of likely N-dealkylation sites (N-methyl/N-ethyl adjacent to an activating group) is 1. The fourth-order valence-electron chi connectivity index (χ4n) is 3.08. The van der Waals surface area contributed by atoms with E-state index in [-0.39, 0.29) is 10.1 Å². The van der Waals surface area contributed by atoms with Gasteiger partial charge in [-0.1, -0.05) is 0 Å². The Morgan fingerprint density at radius 1 is 1.14 bits per heavy atom. The van der Waals surface area contributed by atoms with Gasteiger partial charge in [0.1, 0.15) is 16.4 Å². The SMILES string of the molecule is CCN(CC)C1=C(Sc2nnc(C3CC3)o2)C(=O)N(c2ccc(F)cc2)C1=O. The summed E-state index contributed by atoms with van der Waals surface area (Å²) >= 11 is 1.01. The number of carbonyl (C=O) groups is 2. The summed E-state index contributed by atoms with van der Waals surface area (Å²) in [6.45, 7) is 4.94. The number of anilines is 1. The van der Waals surface area contributed by atoms with Gasteiger partial charge in [-0.15, -0.1) is 10.2 Å². The fraction of sp³-hybridized carbons (Fsp3) is 0.368. The Morgan fingerprint density at radius 2 is 1.82 bits per heavy atom. The lowest BCUT2D eigenvalue weighted by molar-refractivity contribution is -0.121. The van der Waals surface area contributed by atoms with Gasteiger partial charge >= 0.3 is 0 Å². The van der Waals surface area contributed by atoms with Gasteiger partial charge < -0.3 is 9.32 Å². The highest BCUT2D eigenvalue weighted by molar-refractivity contribution is 8.03. The highest BCUT2D eigenvalue weighted by atomic mass is 32.2. The molecule has 2 aliphatic rings. The molecule has 4 rings (SSSR count). The summed E-state index contributed by atoms with van der Waals surface area (Å²) in [5.74, 6) is -0.485. The van der Waals surface area contributed by atoms with Crippen molar-refractivity contribution in [1.29, 1.82) is 0 Å². The molecule has 1 aromatic heterocycles. The van der Waals surface area contributed by atoms with E-state index in [1.54, 1.807) is 0 Å². The van der Waals surface area contributed by atoms with Gasteiger partial charge in [0, 0.05) is 19.0 Å². The molecular formula is C19H19FN4O3S. The van der Waals surface area contributed by atoms with E-state index in [1.165, 1.54) is 24.3 Å². The first kappa shape index (κ1) is 18.7. The van der Waals surface area contributed by atoms with E-state index >= 15 is 0 Å². The van der Waals surface area contributed by atoms with Gasteiger partial charge in [0.25, 0.3) is 17.0 Å². The number of carbonyl (C=O) groups excluding carboxylic acids is 2. The van der Waals surface area contributed by atoms with Crippen LogP contribution < -0.4 is 4.90 Å². The number of nitrogens with zero attached hydrogens (tertiary/aromatic N) is 4. The van der Waals surface area contributed by atoms with Gasteiger partial charge in [0.2, 0.25) is 5.89 Å². The lowest BCUT2D eigenvalue weighted by Gasteiger charge is -2.22. The van der Waals surface area contributed by atoms with Crippen LogP contribution in [0.4, 0.5) is 10.1 Å². The molecule has 9 heteroatoms. The standard InChI is InChI=1S/C19H19FN4O3S/c1-3-23(4-2)14-15(28-19-22-21-16(27-19)11-5-6-11)18(26)24(17(14)25)13-9-7-12(20)8-10-13/h7-11H,3-6H2,1-2H3. The molecule has 0 saturated heterocycles. The molecule has 0 radical (unpaired) electrons. The molecule has 0 N–H and O–H groups in total. The van der Waals surface area contributed by atoms with Crippen molar-refractivity contribution < 1.29 is 18.4 Å². The molecule has 2 amide bonds. The van der Waals surface area contributed by atoms with E-state index in [4.69, 9.17) is 4.42 Å². The number of rotatable bonds is 7. The number of hydrogen-bond acceptors (Lipinski definition) is 7. The molecule has 1 aromatic carbocycles. The second-order valence-corrected chi connectivity index (χ2v) is 7.52. The predicted octanol–water partition coefficient (Wildman–Crippen LogP) is 3.31. The lowest BCUT2D eigenvalue weighted by atomic mass is 10.3.